The fourth-order valence-corrected chi connectivity index (χ4v) is 5.79. The summed E-state index contributed by atoms with van der Waals surface area (Å²) in [5.74, 6) is 0.525. The number of nitrogens with one attached hydrogen (secondary N) is 2. The number of imide groups is 1. The van der Waals surface area contributed by atoms with Crippen molar-refractivity contribution in [2.45, 2.75) is 25.4 Å². The third-order valence-corrected chi connectivity index (χ3v) is 7.75. The molecule has 1 atom stereocenters. The number of ether oxygens (including phenoxy) is 2. The summed E-state index contributed by atoms with van der Waals surface area (Å²) in [7, 11) is 0. The predicted octanol–water partition coefficient (Wildman–Crippen LogP) is 4.07. The molecule has 9 nitrogen and oxygen atoms in total. The van der Waals surface area contributed by atoms with Crippen molar-refractivity contribution < 1.29 is 23.9 Å². The van der Waals surface area contributed by atoms with E-state index >= 15 is 0 Å². The van der Waals surface area contributed by atoms with E-state index in [1.165, 1.54) is 0 Å². The van der Waals surface area contributed by atoms with Crippen LogP contribution in [0, 0.1) is 0 Å². The van der Waals surface area contributed by atoms with E-state index in [9.17, 15) is 14.4 Å². The first-order chi connectivity index (χ1) is 18.5. The lowest BCUT2D eigenvalue weighted by Gasteiger charge is -2.35. The third kappa shape index (κ3) is 3.08. The van der Waals surface area contributed by atoms with Gasteiger partial charge in [0.2, 0.25) is 6.79 Å². The number of urea groups is 1. The second-order valence-electron chi connectivity index (χ2n) is 9.81. The highest BCUT2D eigenvalue weighted by atomic mass is 16.7. The van der Waals surface area contributed by atoms with Crippen LogP contribution in [0.15, 0.2) is 66.7 Å². The van der Waals surface area contributed by atoms with Gasteiger partial charge in [0.1, 0.15) is 0 Å². The van der Waals surface area contributed by atoms with Crippen LogP contribution in [0.4, 0.5) is 10.5 Å². The Labute approximate surface area is 217 Å². The predicted molar refractivity (Wildman–Crippen MR) is 139 cm³/mol. The van der Waals surface area contributed by atoms with E-state index < -0.39 is 11.6 Å². The minimum absolute atomic E-state index is 0.173. The quantitative estimate of drug-likeness (QED) is 0.405. The zero-order valence-corrected chi connectivity index (χ0v) is 20.6. The van der Waals surface area contributed by atoms with Crippen molar-refractivity contribution in [2.24, 2.45) is 0 Å². The number of rotatable bonds is 4. The molecule has 0 saturated carbocycles. The number of carbonyl (C=O) groups is 3. The summed E-state index contributed by atoms with van der Waals surface area (Å²) in [4.78, 5) is 47.2. The van der Waals surface area contributed by atoms with E-state index in [1.807, 2.05) is 36.4 Å². The van der Waals surface area contributed by atoms with E-state index in [1.54, 1.807) is 42.2 Å². The van der Waals surface area contributed by atoms with Crippen LogP contribution >= 0.6 is 0 Å². The number of aromatic amines is 1. The van der Waals surface area contributed by atoms with Gasteiger partial charge >= 0.3 is 6.03 Å². The van der Waals surface area contributed by atoms with Gasteiger partial charge in [-0.15, -0.1) is 0 Å². The Morgan fingerprint density at radius 2 is 1.82 bits per heavy atom. The molecule has 4 amide bonds. The molecule has 0 unspecified atom stereocenters. The van der Waals surface area contributed by atoms with E-state index in [0.717, 1.165) is 32.6 Å². The van der Waals surface area contributed by atoms with Crippen molar-refractivity contribution in [3.8, 4) is 11.5 Å². The fraction of sp³-hybridized carbons (Fsp3) is 0.207. The second-order valence-corrected chi connectivity index (χ2v) is 9.81. The molecule has 1 fully saturated rings. The number of carbonyl (C=O) groups excluding carboxylic acids is 3. The minimum Gasteiger partial charge on any atom is -0.454 e. The molecule has 4 heterocycles. The first-order valence-corrected chi connectivity index (χ1v) is 12.5. The smallest absolute Gasteiger partial charge is 0.332 e. The maximum atomic E-state index is 14.1. The molecule has 190 valence electrons. The minimum atomic E-state index is -1.19. The molecule has 3 aliphatic rings. The molecular formula is C29H24N4O5. The molecule has 3 aromatic carbocycles. The first-order valence-electron chi connectivity index (χ1n) is 12.5. The number of benzene rings is 3. The Balaban J connectivity index is 1.21. The van der Waals surface area contributed by atoms with E-state index in [0.29, 0.717) is 24.5 Å². The molecular weight excluding hydrogens is 484 g/mol. The van der Waals surface area contributed by atoms with Gasteiger partial charge in [-0.2, -0.15) is 0 Å². The molecule has 0 aliphatic carbocycles. The van der Waals surface area contributed by atoms with Crippen LogP contribution in [0.5, 0.6) is 11.5 Å². The number of hydrogen-bond donors (Lipinski definition) is 2. The number of para-hydroxylation sites is 2. The van der Waals surface area contributed by atoms with Crippen LogP contribution in [-0.2, 0) is 23.3 Å². The number of H-pyrrole nitrogens is 1. The van der Waals surface area contributed by atoms with Crippen molar-refractivity contribution >= 4 is 34.4 Å². The highest BCUT2D eigenvalue weighted by molar-refractivity contribution is 6.25. The summed E-state index contributed by atoms with van der Waals surface area (Å²) in [5, 5.41) is 3.96. The fourth-order valence-electron chi connectivity index (χ4n) is 5.79. The molecule has 7 rings (SSSR count). The summed E-state index contributed by atoms with van der Waals surface area (Å²) in [5.41, 5.74) is 2.87. The van der Waals surface area contributed by atoms with Crippen molar-refractivity contribution in [1.82, 2.24) is 15.2 Å². The van der Waals surface area contributed by atoms with Crippen LogP contribution in [0.2, 0.25) is 0 Å². The zero-order valence-electron chi connectivity index (χ0n) is 20.6. The van der Waals surface area contributed by atoms with Crippen LogP contribution in [-0.4, -0.2) is 41.1 Å². The van der Waals surface area contributed by atoms with Gasteiger partial charge in [-0.3, -0.25) is 9.59 Å². The Kier molecular flexibility index (Phi) is 4.78. The Morgan fingerprint density at radius 1 is 1.03 bits per heavy atom. The lowest BCUT2D eigenvalue weighted by molar-refractivity contribution is -0.125. The molecule has 4 aromatic rings. The highest BCUT2D eigenvalue weighted by Gasteiger charge is 2.59. The van der Waals surface area contributed by atoms with Gasteiger partial charge in [0, 0.05) is 24.0 Å². The average molecular weight is 509 g/mol. The summed E-state index contributed by atoms with van der Waals surface area (Å²) in [6.07, 6.45) is 0.638. The van der Waals surface area contributed by atoms with Gasteiger partial charge in [-0.05, 0) is 54.8 Å². The monoisotopic (exact) mass is 508 g/mol. The molecule has 38 heavy (non-hydrogen) atoms. The van der Waals surface area contributed by atoms with Gasteiger partial charge in [-0.1, -0.05) is 36.4 Å². The number of fused-ring (bicyclic) bond motifs is 6. The van der Waals surface area contributed by atoms with Crippen molar-refractivity contribution in [3.63, 3.8) is 0 Å². The molecule has 3 aliphatic heterocycles. The molecule has 2 N–H and O–H groups in total. The number of nitrogens with zero attached hydrogens (tertiary/aromatic N) is 2. The van der Waals surface area contributed by atoms with Gasteiger partial charge in [0.25, 0.3) is 11.8 Å². The maximum absolute atomic E-state index is 14.1. The zero-order chi connectivity index (χ0) is 26.0. The summed E-state index contributed by atoms with van der Waals surface area (Å²) in [6, 6.07) is 19.7. The Morgan fingerprint density at radius 3 is 2.71 bits per heavy atom. The normalized spacial score (nSPS) is 19.6. The second kappa shape index (κ2) is 8.11. The van der Waals surface area contributed by atoms with E-state index in [4.69, 9.17) is 9.47 Å². The van der Waals surface area contributed by atoms with Gasteiger partial charge in [0.15, 0.2) is 17.0 Å². The standard InChI is InChI=1S/C29H24N4O5/c1-29-25-19(18-6-2-4-8-21(18)31-25)12-13-32(29)28(36)33(27(29)35)22-9-5-3-7-20(22)26(34)30-15-17-10-11-23-24(14-17)38-16-37-23/h2-11,14,31H,12-13,15-16H2,1H3,(H,30,34)/t29-/m0/s1. The van der Waals surface area contributed by atoms with Gasteiger partial charge in [-0.25, -0.2) is 9.69 Å². The summed E-state index contributed by atoms with van der Waals surface area (Å²) < 4.78 is 10.8. The topological polar surface area (TPSA) is 104 Å². The average Bonchev–Trinajstić information content (AvgIpc) is 3.61. The number of anilines is 1. The molecule has 0 radical (unpaired) electrons. The molecule has 9 heteroatoms. The lowest BCUT2D eigenvalue weighted by atomic mass is 9.87. The van der Waals surface area contributed by atoms with Crippen molar-refractivity contribution in [1.29, 1.82) is 0 Å². The van der Waals surface area contributed by atoms with Crippen LogP contribution in [0.3, 0.4) is 0 Å². The first kappa shape index (κ1) is 22.4. The van der Waals surface area contributed by atoms with Crippen molar-refractivity contribution in [2.75, 3.05) is 18.2 Å². The summed E-state index contributed by atoms with van der Waals surface area (Å²) >= 11 is 0. The van der Waals surface area contributed by atoms with Crippen LogP contribution in [0.25, 0.3) is 10.9 Å². The third-order valence-electron chi connectivity index (χ3n) is 7.75. The van der Waals surface area contributed by atoms with E-state index in [-0.39, 0.29) is 36.4 Å². The molecule has 1 saturated heterocycles. The SMILES string of the molecule is C[C@]12C(=O)N(c3ccccc3C(=O)NCc3ccc4c(c3)OCO4)C(=O)N1CCc1c2[nH]c2ccccc12. The van der Waals surface area contributed by atoms with Crippen molar-refractivity contribution in [3.05, 3.63) is 89.1 Å². The lowest BCUT2D eigenvalue weighted by Crippen LogP contribution is -2.49. The van der Waals surface area contributed by atoms with E-state index in [2.05, 4.69) is 10.3 Å². The molecule has 0 bridgehead atoms. The Bertz CT molecular complexity index is 1660. The number of aromatic nitrogens is 1. The molecule has 1 aromatic heterocycles. The maximum Gasteiger partial charge on any atom is 0.332 e. The highest BCUT2D eigenvalue weighted by Crippen LogP contribution is 2.45. The van der Waals surface area contributed by atoms with Gasteiger partial charge in [0.05, 0.1) is 16.9 Å². The van der Waals surface area contributed by atoms with Gasteiger partial charge < -0.3 is 24.7 Å². The largest absolute Gasteiger partial charge is 0.454 e. The Hall–Kier alpha value is -4.79. The number of amides is 4. The summed E-state index contributed by atoms with van der Waals surface area (Å²) in [6.45, 7) is 2.61. The molecule has 0 spiro atoms. The van der Waals surface area contributed by atoms with Crippen LogP contribution < -0.4 is 19.7 Å². The van der Waals surface area contributed by atoms with Crippen LogP contribution in [0.1, 0.15) is 34.1 Å². The number of hydrogen-bond acceptors (Lipinski definition) is 5.